The van der Waals surface area contributed by atoms with Crippen LogP contribution >= 0.6 is 15.9 Å². The van der Waals surface area contributed by atoms with E-state index in [2.05, 4.69) is 20.9 Å². The Kier molecular flexibility index (Phi) is 3.54. The van der Waals surface area contributed by atoms with Crippen molar-refractivity contribution in [3.8, 4) is 5.75 Å². The maximum absolute atomic E-state index is 12.3. The second kappa shape index (κ2) is 5.10. The van der Waals surface area contributed by atoms with Crippen LogP contribution in [-0.4, -0.2) is 17.9 Å². The molecule has 0 radical (unpaired) electrons. The normalized spacial score (nSPS) is 10.0. The lowest BCUT2D eigenvalue weighted by molar-refractivity contribution is 0.103. The lowest BCUT2D eigenvalue weighted by Crippen LogP contribution is -2.07. The first-order valence-corrected chi connectivity index (χ1v) is 5.81. The first-order valence-electron chi connectivity index (χ1n) is 5.02. The van der Waals surface area contributed by atoms with E-state index in [-0.39, 0.29) is 5.78 Å². The Hall–Kier alpha value is -1.68. The molecule has 1 aromatic heterocycles. The molecule has 0 spiro atoms. The predicted molar refractivity (Wildman–Crippen MR) is 68.4 cm³/mol. The first-order chi connectivity index (χ1) is 8.24. The highest BCUT2D eigenvalue weighted by atomic mass is 79.9. The van der Waals surface area contributed by atoms with E-state index in [1.165, 1.54) is 7.11 Å². The number of hydrogen-bond acceptors (Lipinski definition) is 3. The van der Waals surface area contributed by atoms with Gasteiger partial charge in [-0.1, -0.05) is 28.1 Å². The number of carbonyl (C=O) groups is 1. The van der Waals surface area contributed by atoms with Crippen molar-refractivity contribution in [2.45, 2.75) is 0 Å². The third-order valence-electron chi connectivity index (χ3n) is 2.32. The fourth-order valence-corrected chi connectivity index (χ4v) is 1.96. The molecular weight excluding hydrogens is 282 g/mol. The lowest BCUT2D eigenvalue weighted by Gasteiger charge is -2.07. The molecule has 0 aliphatic rings. The summed E-state index contributed by atoms with van der Waals surface area (Å²) in [5.74, 6) is 0.322. The van der Waals surface area contributed by atoms with Crippen LogP contribution < -0.4 is 4.74 Å². The van der Waals surface area contributed by atoms with Crippen molar-refractivity contribution < 1.29 is 9.53 Å². The smallest absolute Gasteiger partial charge is 0.216 e. The fourth-order valence-electron chi connectivity index (χ4n) is 1.50. The molecule has 0 N–H and O–H groups in total. The quantitative estimate of drug-likeness (QED) is 0.816. The summed E-state index contributed by atoms with van der Waals surface area (Å²) in [6.45, 7) is 0. The molecule has 0 aliphatic carbocycles. The summed E-state index contributed by atoms with van der Waals surface area (Å²) in [4.78, 5) is 16.3. The molecule has 1 heterocycles. The molecule has 0 fully saturated rings. The van der Waals surface area contributed by atoms with Crippen molar-refractivity contribution in [1.82, 2.24) is 4.98 Å². The number of benzene rings is 1. The van der Waals surface area contributed by atoms with Gasteiger partial charge in [0.05, 0.1) is 7.11 Å². The third kappa shape index (κ3) is 2.36. The zero-order chi connectivity index (χ0) is 12.3. The van der Waals surface area contributed by atoms with E-state index in [9.17, 15) is 4.79 Å². The number of ketones is 1. The van der Waals surface area contributed by atoms with E-state index < -0.39 is 0 Å². The van der Waals surface area contributed by atoms with E-state index in [0.29, 0.717) is 17.0 Å². The summed E-state index contributed by atoms with van der Waals surface area (Å²) in [7, 11) is 1.52. The minimum Gasteiger partial charge on any atom is -0.494 e. The van der Waals surface area contributed by atoms with Crippen LogP contribution in [0.4, 0.5) is 0 Å². The van der Waals surface area contributed by atoms with Gasteiger partial charge in [-0.05, 0) is 24.3 Å². The Morgan fingerprint density at radius 3 is 2.71 bits per heavy atom. The van der Waals surface area contributed by atoms with Gasteiger partial charge in [0.15, 0.2) is 5.69 Å². The fraction of sp³-hybridized carbons (Fsp3) is 0.0769. The number of hydrogen-bond donors (Lipinski definition) is 0. The number of carbonyl (C=O) groups excluding carboxylic acids is 1. The average Bonchev–Trinajstić information content (AvgIpc) is 2.38. The molecule has 0 saturated heterocycles. The van der Waals surface area contributed by atoms with Crippen LogP contribution in [0, 0.1) is 0 Å². The minimum absolute atomic E-state index is 0.157. The Labute approximate surface area is 108 Å². The Balaban J connectivity index is 2.48. The molecule has 0 unspecified atom stereocenters. The summed E-state index contributed by atoms with van der Waals surface area (Å²) in [6, 6.07) is 10.7. The van der Waals surface area contributed by atoms with Crippen molar-refractivity contribution >= 4 is 21.7 Å². The highest BCUT2D eigenvalue weighted by molar-refractivity contribution is 9.10. The molecule has 0 amide bonds. The second-order valence-corrected chi connectivity index (χ2v) is 4.22. The van der Waals surface area contributed by atoms with Gasteiger partial charge in [-0.3, -0.25) is 4.79 Å². The summed E-state index contributed by atoms with van der Waals surface area (Å²) in [6.07, 6.45) is 1.58. The number of aromatic nitrogens is 1. The molecule has 4 heteroatoms. The molecule has 0 aliphatic heterocycles. The van der Waals surface area contributed by atoms with E-state index in [1.807, 2.05) is 18.2 Å². The third-order valence-corrected chi connectivity index (χ3v) is 3.02. The number of ether oxygens (including phenoxy) is 1. The molecule has 3 nitrogen and oxygen atoms in total. The van der Waals surface area contributed by atoms with Crippen LogP contribution in [0.25, 0.3) is 0 Å². The van der Waals surface area contributed by atoms with Gasteiger partial charge in [-0.25, -0.2) is 4.98 Å². The van der Waals surface area contributed by atoms with Gasteiger partial charge in [-0.2, -0.15) is 0 Å². The molecule has 0 bridgehead atoms. The van der Waals surface area contributed by atoms with Gasteiger partial charge >= 0.3 is 0 Å². The molecule has 2 aromatic rings. The van der Waals surface area contributed by atoms with Crippen LogP contribution in [0.3, 0.4) is 0 Å². The number of halogens is 1. The van der Waals surface area contributed by atoms with Crippen LogP contribution in [0.1, 0.15) is 16.1 Å². The maximum Gasteiger partial charge on any atom is 0.216 e. The molecule has 1 aromatic carbocycles. The second-order valence-electron chi connectivity index (χ2n) is 3.36. The zero-order valence-electron chi connectivity index (χ0n) is 9.18. The van der Waals surface area contributed by atoms with E-state index in [1.54, 1.807) is 24.4 Å². The molecule has 17 heavy (non-hydrogen) atoms. The van der Waals surface area contributed by atoms with Crippen molar-refractivity contribution in [3.63, 3.8) is 0 Å². The van der Waals surface area contributed by atoms with E-state index in [0.717, 1.165) is 4.47 Å². The standard InChI is InChI=1S/C13H10BrNO2/c1-17-11-7-4-8-15-12(11)13(16)9-5-2-3-6-10(9)14/h2-8H,1H3. The monoisotopic (exact) mass is 291 g/mol. The molecule has 2 rings (SSSR count). The van der Waals surface area contributed by atoms with Crippen LogP contribution in [0.15, 0.2) is 47.1 Å². The number of pyridine rings is 1. The van der Waals surface area contributed by atoms with Crippen molar-refractivity contribution in [3.05, 3.63) is 58.3 Å². The number of methoxy groups -OCH3 is 1. The van der Waals surface area contributed by atoms with Gasteiger partial charge in [0, 0.05) is 16.2 Å². The summed E-state index contributed by atoms with van der Waals surface area (Å²) < 4.78 is 5.88. The molecular formula is C13H10BrNO2. The van der Waals surface area contributed by atoms with Crippen LogP contribution in [0.2, 0.25) is 0 Å². The first kappa shape index (κ1) is 11.8. The molecule has 0 saturated carbocycles. The average molecular weight is 292 g/mol. The Bertz CT molecular complexity index is 555. The van der Waals surface area contributed by atoms with Crippen molar-refractivity contribution in [1.29, 1.82) is 0 Å². The zero-order valence-corrected chi connectivity index (χ0v) is 10.8. The van der Waals surface area contributed by atoms with Crippen LogP contribution in [0.5, 0.6) is 5.75 Å². The Morgan fingerprint density at radius 1 is 1.24 bits per heavy atom. The van der Waals surface area contributed by atoms with Gasteiger partial charge in [0.1, 0.15) is 5.75 Å². The number of rotatable bonds is 3. The molecule has 86 valence electrons. The van der Waals surface area contributed by atoms with Gasteiger partial charge in [0.25, 0.3) is 0 Å². The van der Waals surface area contributed by atoms with Crippen molar-refractivity contribution in [2.75, 3.05) is 7.11 Å². The maximum atomic E-state index is 12.3. The lowest BCUT2D eigenvalue weighted by atomic mass is 10.1. The summed E-state index contributed by atoms with van der Waals surface area (Å²) in [5, 5.41) is 0. The number of nitrogens with zero attached hydrogens (tertiary/aromatic N) is 1. The van der Waals surface area contributed by atoms with Crippen LogP contribution in [-0.2, 0) is 0 Å². The van der Waals surface area contributed by atoms with Gasteiger partial charge in [0.2, 0.25) is 5.78 Å². The van der Waals surface area contributed by atoms with Gasteiger partial charge in [-0.15, -0.1) is 0 Å². The highest BCUT2D eigenvalue weighted by Crippen LogP contribution is 2.23. The largest absolute Gasteiger partial charge is 0.494 e. The van der Waals surface area contributed by atoms with Crippen molar-refractivity contribution in [2.24, 2.45) is 0 Å². The minimum atomic E-state index is -0.157. The van der Waals surface area contributed by atoms with Gasteiger partial charge < -0.3 is 4.74 Å². The highest BCUT2D eigenvalue weighted by Gasteiger charge is 2.17. The molecule has 0 atom stereocenters. The SMILES string of the molecule is COc1cccnc1C(=O)c1ccccc1Br. The van der Waals surface area contributed by atoms with E-state index in [4.69, 9.17) is 4.74 Å². The summed E-state index contributed by atoms with van der Waals surface area (Å²) >= 11 is 3.35. The predicted octanol–water partition coefficient (Wildman–Crippen LogP) is 3.08. The van der Waals surface area contributed by atoms with E-state index >= 15 is 0 Å². The topological polar surface area (TPSA) is 39.2 Å². The Morgan fingerprint density at radius 2 is 2.00 bits per heavy atom. The summed E-state index contributed by atoms with van der Waals surface area (Å²) in [5.41, 5.74) is 0.895.